The van der Waals surface area contributed by atoms with Gasteiger partial charge in [-0.1, -0.05) is 41.4 Å². The number of hydrogen-bond acceptors (Lipinski definition) is 3. The normalized spacial score (nSPS) is 11.1. The van der Waals surface area contributed by atoms with Crippen LogP contribution in [0.5, 0.6) is 11.5 Å². The van der Waals surface area contributed by atoms with E-state index < -0.39 is 0 Å². The fourth-order valence-corrected chi connectivity index (χ4v) is 3.47. The first-order valence-electron chi connectivity index (χ1n) is 9.02. The second kappa shape index (κ2) is 8.65. The maximum atomic E-state index is 6.20. The lowest BCUT2D eigenvalue weighted by Gasteiger charge is -2.09. The zero-order valence-electron chi connectivity index (χ0n) is 15.1. The Morgan fingerprint density at radius 1 is 0.929 bits per heavy atom. The summed E-state index contributed by atoms with van der Waals surface area (Å²) < 4.78 is 5.92. The van der Waals surface area contributed by atoms with Crippen molar-refractivity contribution >= 4 is 34.2 Å². The van der Waals surface area contributed by atoms with Crippen molar-refractivity contribution in [3.8, 4) is 11.5 Å². The van der Waals surface area contributed by atoms with Crippen molar-refractivity contribution in [3.05, 3.63) is 88.2 Å². The van der Waals surface area contributed by atoms with Gasteiger partial charge < -0.3 is 15.0 Å². The Labute approximate surface area is 173 Å². The van der Waals surface area contributed by atoms with Gasteiger partial charge in [0.15, 0.2) is 0 Å². The molecular weight excluding hydrogens is 393 g/mol. The van der Waals surface area contributed by atoms with Crippen molar-refractivity contribution in [3.63, 3.8) is 0 Å². The van der Waals surface area contributed by atoms with E-state index in [4.69, 9.17) is 27.9 Å². The van der Waals surface area contributed by atoms with Crippen LogP contribution in [-0.2, 0) is 13.0 Å². The summed E-state index contributed by atoms with van der Waals surface area (Å²) in [4.78, 5) is 7.30. The second-order valence-corrected chi connectivity index (χ2v) is 7.33. The van der Waals surface area contributed by atoms with Crippen LogP contribution in [-0.4, -0.2) is 16.5 Å². The Bertz CT molecular complexity index is 1080. The van der Waals surface area contributed by atoms with Gasteiger partial charge >= 0.3 is 0 Å². The number of nitrogens with one attached hydrogen (secondary N) is 2. The Hall–Kier alpha value is -2.53. The van der Waals surface area contributed by atoms with E-state index in [1.165, 1.54) is 5.56 Å². The fourth-order valence-electron chi connectivity index (χ4n) is 2.97. The first-order valence-corrected chi connectivity index (χ1v) is 9.77. The molecule has 0 aliphatic carbocycles. The monoisotopic (exact) mass is 411 g/mol. The number of aromatic amines is 1. The van der Waals surface area contributed by atoms with Gasteiger partial charge in [0.2, 0.25) is 0 Å². The molecular formula is C22H19Cl2N3O. The predicted molar refractivity (Wildman–Crippen MR) is 114 cm³/mol. The van der Waals surface area contributed by atoms with Gasteiger partial charge in [-0.15, -0.1) is 0 Å². The van der Waals surface area contributed by atoms with Gasteiger partial charge in [-0.05, 0) is 60.5 Å². The largest absolute Gasteiger partial charge is 0.457 e. The number of nitrogens with zero attached hydrogens (tertiary/aromatic N) is 1. The number of benzene rings is 3. The van der Waals surface area contributed by atoms with E-state index >= 15 is 0 Å². The Balaban J connectivity index is 1.28. The molecule has 0 amide bonds. The number of hydrogen-bond donors (Lipinski definition) is 2. The number of H-pyrrole nitrogens is 1. The van der Waals surface area contributed by atoms with E-state index in [2.05, 4.69) is 27.4 Å². The summed E-state index contributed by atoms with van der Waals surface area (Å²) >= 11 is 12.1. The van der Waals surface area contributed by atoms with Gasteiger partial charge in [0.25, 0.3) is 0 Å². The highest BCUT2D eigenvalue weighted by Crippen LogP contribution is 2.24. The first-order chi connectivity index (χ1) is 13.7. The zero-order chi connectivity index (χ0) is 19.3. The van der Waals surface area contributed by atoms with E-state index in [1.807, 2.05) is 42.5 Å². The summed E-state index contributed by atoms with van der Waals surface area (Å²) in [5.41, 5.74) is 4.17. The van der Waals surface area contributed by atoms with Gasteiger partial charge in [0.1, 0.15) is 11.5 Å². The van der Waals surface area contributed by atoms with Crippen molar-refractivity contribution in [2.24, 2.45) is 0 Å². The highest BCUT2D eigenvalue weighted by molar-refractivity contribution is 6.35. The van der Waals surface area contributed by atoms with E-state index in [0.29, 0.717) is 10.0 Å². The molecule has 1 aromatic heterocycles. The van der Waals surface area contributed by atoms with Crippen molar-refractivity contribution in [2.45, 2.75) is 13.0 Å². The maximum Gasteiger partial charge on any atom is 0.129 e. The number of fused-ring (bicyclic) bond motifs is 1. The number of ether oxygens (including phenoxy) is 1. The van der Waals surface area contributed by atoms with Crippen LogP contribution in [0.1, 0.15) is 11.1 Å². The second-order valence-electron chi connectivity index (χ2n) is 6.49. The average molecular weight is 412 g/mol. The first kappa shape index (κ1) is 18.8. The molecule has 4 nitrogen and oxygen atoms in total. The maximum absolute atomic E-state index is 6.20. The molecule has 4 aromatic rings. The molecule has 0 unspecified atom stereocenters. The van der Waals surface area contributed by atoms with Crippen LogP contribution in [0.25, 0.3) is 11.0 Å². The number of rotatable bonds is 7. The van der Waals surface area contributed by atoms with Crippen molar-refractivity contribution in [2.75, 3.05) is 6.54 Å². The van der Waals surface area contributed by atoms with Crippen LogP contribution in [0.3, 0.4) is 0 Å². The lowest BCUT2D eigenvalue weighted by Crippen LogP contribution is -2.16. The summed E-state index contributed by atoms with van der Waals surface area (Å²) in [5.74, 6) is 1.58. The molecule has 0 aliphatic heterocycles. The highest BCUT2D eigenvalue weighted by Gasteiger charge is 2.03. The van der Waals surface area contributed by atoms with Crippen molar-refractivity contribution < 1.29 is 4.74 Å². The van der Waals surface area contributed by atoms with Crippen LogP contribution in [0.15, 0.2) is 67.0 Å². The smallest absolute Gasteiger partial charge is 0.129 e. The quantitative estimate of drug-likeness (QED) is 0.367. The molecule has 1 heterocycles. The van der Waals surface area contributed by atoms with E-state index in [9.17, 15) is 0 Å². The minimum atomic E-state index is 0.661. The average Bonchev–Trinajstić information content (AvgIpc) is 3.16. The number of imidazole rings is 1. The minimum absolute atomic E-state index is 0.661. The zero-order valence-corrected chi connectivity index (χ0v) is 16.6. The third-order valence-electron chi connectivity index (χ3n) is 4.47. The Morgan fingerprint density at radius 3 is 2.57 bits per heavy atom. The number of aromatic nitrogens is 2. The van der Waals surface area contributed by atoms with Crippen LogP contribution in [0.4, 0.5) is 0 Å². The molecule has 0 radical (unpaired) electrons. The third-order valence-corrected chi connectivity index (χ3v) is 5.05. The van der Waals surface area contributed by atoms with E-state index in [-0.39, 0.29) is 0 Å². The molecule has 2 N–H and O–H groups in total. The van der Waals surface area contributed by atoms with Crippen LogP contribution < -0.4 is 10.1 Å². The minimum Gasteiger partial charge on any atom is -0.457 e. The third kappa shape index (κ3) is 4.65. The summed E-state index contributed by atoms with van der Waals surface area (Å²) in [7, 11) is 0. The van der Waals surface area contributed by atoms with Gasteiger partial charge in [-0.25, -0.2) is 4.98 Å². The standard InChI is InChI=1S/C22H19Cl2N3O/c23-17-4-3-16(20(24)11-17)9-10-25-13-15-1-5-18(6-2-15)28-19-7-8-21-22(12-19)27-14-26-21/h1-8,11-12,14,25H,9-10,13H2,(H,26,27). The summed E-state index contributed by atoms with van der Waals surface area (Å²) in [6, 6.07) is 19.5. The molecule has 3 aromatic carbocycles. The molecule has 28 heavy (non-hydrogen) atoms. The summed E-state index contributed by atoms with van der Waals surface area (Å²) in [6.07, 6.45) is 2.53. The number of halogens is 2. The molecule has 0 spiro atoms. The lowest BCUT2D eigenvalue weighted by atomic mass is 10.1. The molecule has 0 saturated heterocycles. The molecule has 0 saturated carbocycles. The lowest BCUT2D eigenvalue weighted by molar-refractivity contribution is 0.483. The van der Waals surface area contributed by atoms with Crippen molar-refractivity contribution in [1.82, 2.24) is 15.3 Å². The van der Waals surface area contributed by atoms with Crippen LogP contribution in [0, 0.1) is 0 Å². The molecule has 0 bridgehead atoms. The fraction of sp³-hybridized carbons (Fsp3) is 0.136. The topological polar surface area (TPSA) is 49.9 Å². The van der Waals surface area contributed by atoms with Gasteiger partial charge in [-0.2, -0.15) is 0 Å². The molecule has 0 aliphatic rings. The molecule has 0 atom stereocenters. The SMILES string of the molecule is Clc1ccc(CCNCc2ccc(Oc3ccc4nc[nH]c4c3)cc2)c(Cl)c1. The molecule has 6 heteroatoms. The van der Waals surface area contributed by atoms with Gasteiger partial charge in [-0.3, -0.25) is 0 Å². The van der Waals surface area contributed by atoms with Crippen LogP contribution >= 0.6 is 23.2 Å². The molecule has 142 valence electrons. The van der Waals surface area contributed by atoms with Crippen LogP contribution in [0.2, 0.25) is 10.0 Å². The highest BCUT2D eigenvalue weighted by atomic mass is 35.5. The van der Waals surface area contributed by atoms with Gasteiger partial charge in [0, 0.05) is 22.7 Å². The van der Waals surface area contributed by atoms with Crippen molar-refractivity contribution in [1.29, 1.82) is 0 Å². The summed E-state index contributed by atoms with van der Waals surface area (Å²) in [5, 5.41) is 4.81. The molecule has 4 rings (SSSR count). The summed E-state index contributed by atoms with van der Waals surface area (Å²) in [6.45, 7) is 1.62. The molecule has 0 fully saturated rings. The van der Waals surface area contributed by atoms with E-state index in [0.717, 1.165) is 47.6 Å². The van der Waals surface area contributed by atoms with E-state index in [1.54, 1.807) is 12.4 Å². The Morgan fingerprint density at radius 2 is 1.75 bits per heavy atom. The van der Waals surface area contributed by atoms with Gasteiger partial charge in [0.05, 0.1) is 17.4 Å². The predicted octanol–water partition coefficient (Wildman–Crippen LogP) is 5.99. The Kier molecular flexibility index (Phi) is 5.81.